The predicted octanol–water partition coefficient (Wildman–Crippen LogP) is 2.63. The molecule has 0 aromatic rings. The minimum absolute atomic E-state index is 0.0248. The highest BCUT2D eigenvalue weighted by atomic mass is 32.2. The molecule has 1 aliphatic carbocycles. The van der Waals surface area contributed by atoms with E-state index in [1.165, 1.54) is 0 Å². The topological polar surface area (TPSA) is 34.1 Å². The first-order chi connectivity index (χ1) is 6.65. The van der Waals surface area contributed by atoms with Crippen LogP contribution < -0.4 is 0 Å². The van der Waals surface area contributed by atoms with Gasteiger partial charge in [0.15, 0.2) is 9.84 Å². The van der Waals surface area contributed by atoms with E-state index in [9.17, 15) is 8.42 Å². The van der Waals surface area contributed by atoms with Crippen LogP contribution in [0.3, 0.4) is 0 Å². The van der Waals surface area contributed by atoms with Gasteiger partial charge in [-0.15, -0.1) is 0 Å². The highest BCUT2D eigenvalue weighted by Gasteiger charge is 2.64. The van der Waals surface area contributed by atoms with E-state index in [-0.39, 0.29) is 21.3 Å². The summed E-state index contributed by atoms with van der Waals surface area (Å²) in [4.78, 5) is 0. The van der Waals surface area contributed by atoms with Crippen LogP contribution in [0, 0.1) is 16.7 Å². The molecule has 0 unspecified atom stereocenters. The van der Waals surface area contributed by atoms with Crippen molar-refractivity contribution in [3.63, 3.8) is 0 Å². The molecule has 1 aliphatic heterocycles. The monoisotopic (exact) mass is 230 g/mol. The fraction of sp³-hybridized carbons (Fsp3) is 1.00. The second-order valence-electron chi connectivity index (χ2n) is 6.22. The average molecular weight is 230 g/mol. The summed E-state index contributed by atoms with van der Waals surface area (Å²) in [6, 6.07) is 0. The van der Waals surface area contributed by atoms with Crippen LogP contribution in [-0.4, -0.2) is 18.9 Å². The third-order valence-corrected chi connectivity index (χ3v) is 8.72. The van der Waals surface area contributed by atoms with Crippen LogP contribution in [0.1, 0.15) is 47.5 Å². The summed E-state index contributed by atoms with van der Waals surface area (Å²) < 4.78 is 24.5. The van der Waals surface area contributed by atoms with E-state index < -0.39 is 9.84 Å². The van der Waals surface area contributed by atoms with Crippen molar-refractivity contribution in [3.05, 3.63) is 0 Å². The lowest BCUT2D eigenvalue weighted by Crippen LogP contribution is -2.55. The lowest BCUT2D eigenvalue weighted by Gasteiger charge is -2.51. The molecule has 0 N–H and O–H groups in total. The highest BCUT2D eigenvalue weighted by Crippen LogP contribution is 2.64. The fourth-order valence-electron chi connectivity index (χ4n) is 4.02. The number of sulfone groups is 1. The Morgan fingerprint density at radius 1 is 1.13 bits per heavy atom. The van der Waals surface area contributed by atoms with Crippen LogP contribution in [0.25, 0.3) is 0 Å². The van der Waals surface area contributed by atoms with Gasteiger partial charge in [0.2, 0.25) is 0 Å². The molecule has 15 heavy (non-hydrogen) atoms. The number of hydrogen-bond donors (Lipinski definition) is 0. The zero-order valence-electron chi connectivity index (χ0n) is 10.4. The summed E-state index contributed by atoms with van der Waals surface area (Å²) in [6.45, 7) is 10.5. The summed E-state index contributed by atoms with van der Waals surface area (Å²) in [5, 5.41) is -0.341. The van der Waals surface area contributed by atoms with E-state index in [4.69, 9.17) is 0 Å². The Bertz CT molecular complexity index is 382. The van der Waals surface area contributed by atoms with Gasteiger partial charge in [0.05, 0.1) is 10.5 Å². The van der Waals surface area contributed by atoms with E-state index >= 15 is 0 Å². The molecular weight excluding hydrogens is 208 g/mol. The molecule has 2 bridgehead atoms. The highest BCUT2D eigenvalue weighted by molar-refractivity contribution is 7.92. The van der Waals surface area contributed by atoms with Crippen molar-refractivity contribution in [1.29, 1.82) is 0 Å². The maximum absolute atomic E-state index is 12.3. The van der Waals surface area contributed by atoms with Crippen molar-refractivity contribution in [2.75, 3.05) is 0 Å². The molecular formula is C12H22O2S. The maximum atomic E-state index is 12.3. The maximum Gasteiger partial charge on any atom is 0.156 e. The zero-order valence-corrected chi connectivity index (χ0v) is 11.2. The van der Waals surface area contributed by atoms with E-state index in [0.717, 1.165) is 12.8 Å². The van der Waals surface area contributed by atoms with E-state index in [1.807, 2.05) is 13.8 Å². The standard InChI is InChI=1S/C12H22O2S/c1-8-10-6-7-12(5,11(10,3)4)9(2)15(8,13)14/h8-10H,6-7H2,1-5H3/t8-,9+,10+,12-/m0/s1. The molecule has 0 aromatic heterocycles. The van der Waals surface area contributed by atoms with Crippen molar-refractivity contribution in [2.24, 2.45) is 16.7 Å². The summed E-state index contributed by atoms with van der Waals surface area (Å²) in [6.07, 6.45) is 2.14. The summed E-state index contributed by atoms with van der Waals surface area (Å²) in [5.74, 6) is 0.351. The Morgan fingerprint density at radius 2 is 1.67 bits per heavy atom. The molecule has 4 atom stereocenters. The minimum atomic E-state index is -2.91. The molecule has 0 radical (unpaired) electrons. The van der Waals surface area contributed by atoms with Crippen molar-refractivity contribution < 1.29 is 8.42 Å². The Kier molecular flexibility index (Phi) is 2.13. The Balaban J connectivity index is 2.61. The first-order valence-corrected chi connectivity index (χ1v) is 7.49. The van der Waals surface area contributed by atoms with Gasteiger partial charge in [0, 0.05) is 0 Å². The second kappa shape index (κ2) is 2.79. The van der Waals surface area contributed by atoms with Gasteiger partial charge in [-0.1, -0.05) is 20.8 Å². The van der Waals surface area contributed by atoms with Crippen LogP contribution in [-0.2, 0) is 9.84 Å². The van der Waals surface area contributed by atoms with Crippen LogP contribution in [0.2, 0.25) is 0 Å². The van der Waals surface area contributed by atoms with Crippen molar-refractivity contribution >= 4 is 9.84 Å². The average Bonchev–Trinajstić information content (AvgIpc) is 2.32. The molecule has 2 fully saturated rings. The van der Waals surface area contributed by atoms with Gasteiger partial charge in [-0.2, -0.15) is 0 Å². The van der Waals surface area contributed by atoms with Gasteiger partial charge in [-0.25, -0.2) is 8.42 Å². The molecule has 2 rings (SSSR count). The lowest BCUT2D eigenvalue weighted by atomic mass is 9.63. The van der Waals surface area contributed by atoms with Crippen LogP contribution in [0.5, 0.6) is 0 Å². The molecule has 0 amide bonds. The molecule has 1 heterocycles. The molecule has 2 nitrogen and oxygen atoms in total. The van der Waals surface area contributed by atoms with Gasteiger partial charge in [-0.3, -0.25) is 0 Å². The number of fused-ring (bicyclic) bond motifs is 2. The van der Waals surface area contributed by atoms with Crippen molar-refractivity contribution in [1.82, 2.24) is 0 Å². The van der Waals surface area contributed by atoms with E-state index in [2.05, 4.69) is 20.8 Å². The van der Waals surface area contributed by atoms with Crippen molar-refractivity contribution in [2.45, 2.75) is 58.0 Å². The van der Waals surface area contributed by atoms with Gasteiger partial charge < -0.3 is 0 Å². The zero-order chi connectivity index (χ0) is 11.6. The minimum Gasteiger partial charge on any atom is -0.228 e. The van der Waals surface area contributed by atoms with Crippen LogP contribution >= 0.6 is 0 Å². The van der Waals surface area contributed by atoms with Gasteiger partial charge in [0.1, 0.15) is 0 Å². The molecule has 0 aromatic carbocycles. The van der Waals surface area contributed by atoms with E-state index in [0.29, 0.717) is 5.92 Å². The third kappa shape index (κ3) is 1.08. The molecule has 1 saturated heterocycles. The number of rotatable bonds is 0. The second-order valence-corrected chi connectivity index (χ2v) is 8.85. The van der Waals surface area contributed by atoms with Gasteiger partial charge >= 0.3 is 0 Å². The lowest BCUT2D eigenvalue weighted by molar-refractivity contribution is 0.0726. The Morgan fingerprint density at radius 3 is 2.20 bits per heavy atom. The SMILES string of the molecule is C[C@@H]1[C@]2(C)CC[C@H]([C@H](C)S1(=O)=O)C2(C)C. The molecule has 0 spiro atoms. The predicted molar refractivity (Wildman–Crippen MR) is 62.5 cm³/mol. The molecule has 1 saturated carbocycles. The first kappa shape index (κ1) is 11.4. The Labute approximate surface area is 93.4 Å². The van der Waals surface area contributed by atoms with Crippen LogP contribution in [0.15, 0.2) is 0 Å². The van der Waals surface area contributed by atoms with E-state index in [1.54, 1.807) is 0 Å². The summed E-state index contributed by atoms with van der Waals surface area (Å²) in [7, 11) is -2.91. The van der Waals surface area contributed by atoms with Crippen LogP contribution in [0.4, 0.5) is 0 Å². The molecule has 3 heteroatoms. The first-order valence-electron chi connectivity index (χ1n) is 5.88. The molecule has 88 valence electrons. The quantitative estimate of drug-likeness (QED) is 0.641. The van der Waals surface area contributed by atoms with Crippen molar-refractivity contribution in [3.8, 4) is 0 Å². The summed E-state index contributed by atoms with van der Waals surface area (Å²) >= 11 is 0. The third-order valence-electron chi connectivity index (χ3n) is 5.85. The van der Waals surface area contributed by atoms with Gasteiger partial charge in [0.25, 0.3) is 0 Å². The largest absolute Gasteiger partial charge is 0.228 e. The fourth-order valence-corrected chi connectivity index (χ4v) is 6.75. The van der Waals surface area contributed by atoms with Gasteiger partial charge in [-0.05, 0) is 43.4 Å². The molecule has 2 aliphatic rings. The smallest absolute Gasteiger partial charge is 0.156 e. The Hall–Kier alpha value is -0.0500. The summed E-state index contributed by atoms with van der Waals surface area (Å²) in [5.41, 5.74) is 0.139. The normalized spacial score (nSPS) is 51.7. The number of hydrogen-bond acceptors (Lipinski definition) is 2.